The Hall–Kier alpha value is -2.44. The Bertz CT molecular complexity index is 851. The predicted octanol–water partition coefficient (Wildman–Crippen LogP) is 3.18. The third kappa shape index (κ3) is 4.84. The second kappa shape index (κ2) is 8.50. The topological polar surface area (TPSA) is 52.7 Å². The fourth-order valence-corrected chi connectivity index (χ4v) is 3.24. The standard InChI is InChI=1S/C20H21ClFN3O2/c1-14-6-7-18(17(22)12-14)23-19(26)13-24-8-10-25(11-9-24)20(27)15-4-2-3-5-16(15)21/h2-7,12H,8-11,13H2,1H3,(H,23,26). The van der Waals surface area contributed by atoms with Crippen molar-refractivity contribution in [2.75, 3.05) is 38.0 Å². The van der Waals surface area contributed by atoms with Crippen LogP contribution in [0.1, 0.15) is 15.9 Å². The van der Waals surface area contributed by atoms with Crippen LogP contribution in [0.5, 0.6) is 0 Å². The van der Waals surface area contributed by atoms with Gasteiger partial charge in [-0.3, -0.25) is 14.5 Å². The molecule has 0 bridgehead atoms. The highest BCUT2D eigenvalue weighted by Gasteiger charge is 2.24. The maximum absolute atomic E-state index is 13.8. The summed E-state index contributed by atoms with van der Waals surface area (Å²) in [4.78, 5) is 28.4. The van der Waals surface area contributed by atoms with E-state index in [2.05, 4.69) is 5.32 Å². The van der Waals surface area contributed by atoms with Gasteiger partial charge in [-0.25, -0.2) is 4.39 Å². The Balaban J connectivity index is 1.51. The van der Waals surface area contributed by atoms with Crippen molar-refractivity contribution >= 4 is 29.1 Å². The quantitative estimate of drug-likeness (QED) is 0.873. The number of nitrogens with one attached hydrogen (secondary N) is 1. The average molecular weight is 390 g/mol. The van der Waals surface area contributed by atoms with Crippen LogP contribution in [0.3, 0.4) is 0 Å². The predicted molar refractivity (Wildman–Crippen MR) is 104 cm³/mol. The van der Waals surface area contributed by atoms with E-state index in [0.717, 1.165) is 5.56 Å². The van der Waals surface area contributed by atoms with Gasteiger partial charge in [0.05, 0.1) is 22.8 Å². The van der Waals surface area contributed by atoms with E-state index in [1.807, 2.05) is 4.90 Å². The summed E-state index contributed by atoms with van der Waals surface area (Å²) in [6.07, 6.45) is 0. The zero-order valence-electron chi connectivity index (χ0n) is 15.0. The molecule has 1 N–H and O–H groups in total. The number of carbonyl (C=O) groups is 2. The fraction of sp³-hybridized carbons (Fsp3) is 0.300. The zero-order valence-corrected chi connectivity index (χ0v) is 15.8. The lowest BCUT2D eigenvalue weighted by atomic mass is 10.2. The van der Waals surface area contributed by atoms with Crippen LogP contribution in [0.4, 0.5) is 10.1 Å². The molecule has 0 atom stereocenters. The van der Waals surface area contributed by atoms with Crippen LogP contribution in [0.25, 0.3) is 0 Å². The van der Waals surface area contributed by atoms with E-state index in [-0.39, 0.29) is 24.0 Å². The molecule has 0 unspecified atom stereocenters. The largest absolute Gasteiger partial charge is 0.336 e. The molecule has 2 amide bonds. The van der Waals surface area contributed by atoms with Gasteiger partial charge in [-0.05, 0) is 36.8 Å². The van der Waals surface area contributed by atoms with Crippen LogP contribution in [-0.2, 0) is 4.79 Å². The molecular formula is C20H21ClFN3O2. The molecule has 27 heavy (non-hydrogen) atoms. The lowest BCUT2D eigenvalue weighted by Gasteiger charge is -2.34. The number of rotatable bonds is 4. The molecule has 1 heterocycles. The van der Waals surface area contributed by atoms with E-state index in [1.54, 1.807) is 48.2 Å². The van der Waals surface area contributed by atoms with E-state index < -0.39 is 5.82 Å². The number of carbonyl (C=O) groups excluding carboxylic acids is 2. The molecule has 2 aromatic carbocycles. The minimum absolute atomic E-state index is 0.105. The van der Waals surface area contributed by atoms with Crippen LogP contribution < -0.4 is 5.32 Å². The second-order valence-electron chi connectivity index (χ2n) is 6.58. The lowest BCUT2D eigenvalue weighted by molar-refractivity contribution is -0.117. The number of hydrogen-bond acceptors (Lipinski definition) is 3. The van der Waals surface area contributed by atoms with Crippen molar-refractivity contribution in [1.82, 2.24) is 9.80 Å². The molecule has 7 heteroatoms. The Morgan fingerprint density at radius 3 is 2.48 bits per heavy atom. The smallest absolute Gasteiger partial charge is 0.255 e. The maximum Gasteiger partial charge on any atom is 0.255 e. The number of benzene rings is 2. The van der Waals surface area contributed by atoms with Crippen molar-refractivity contribution in [1.29, 1.82) is 0 Å². The number of hydrogen-bond donors (Lipinski definition) is 1. The van der Waals surface area contributed by atoms with Crippen LogP contribution in [0.15, 0.2) is 42.5 Å². The number of aryl methyl sites for hydroxylation is 1. The van der Waals surface area contributed by atoms with Gasteiger partial charge in [0.1, 0.15) is 5.82 Å². The molecular weight excluding hydrogens is 369 g/mol. The summed E-state index contributed by atoms with van der Waals surface area (Å²) in [6, 6.07) is 11.7. The first-order chi connectivity index (χ1) is 12.9. The van der Waals surface area contributed by atoms with Gasteiger partial charge in [-0.1, -0.05) is 29.8 Å². The Labute approximate surface area is 162 Å². The van der Waals surface area contributed by atoms with Crippen LogP contribution in [0.2, 0.25) is 5.02 Å². The Morgan fingerprint density at radius 2 is 1.81 bits per heavy atom. The molecule has 0 spiro atoms. The first-order valence-electron chi connectivity index (χ1n) is 8.76. The van der Waals surface area contributed by atoms with Gasteiger partial charge in [-0.2, -0.15) is 0 Å². The lowest BCUT2D eigenvalue weighted by Crippen LogP contribution is -2.50. The van der Waals surface area contributed by atoms with E-state index in [1.165, 1.54) is 6.07 Å². The monoisotopic (exact) mass is 389 g/mol. The highest BCUT2D eigenvalue weighted by Crippen LogP contribution is 2.18. The molecule has 0 radical (unpaired) electrons. The van der Waals surface area contributed by atoms with Gasteiger partial charge < -0.3 is 10.2 Å². The van der Waals surface area contributed by atoms with Crippen molar-refractivity contribution in [3.05, 3.63) is 64.4 Å². The van der Waals surface area contributed by atoms with Gasteiger partial charge >= 0.3 is 0 Å². The first kappa shape index (κ1) is 19.3. The molecule has 142 valence electrons. The Kier molecular flexibility index (Phi) is 6.08. The van der Waals surface area contributed by atoms with Crippen molar-refractivity contribution < 1.29 is 14.0 Å². The molecule has 5 nitrogen and oxygen atoms in total. The van der Waals surface area contributed by atoms with Crippen molar-refractivity contribution in [3.8, 4) is 0 Å². The summed E-state index contributed by atoms with van der Waals surface area (Å²) < 4.78 is 13.8. The molecule has 1 saturated heterocycles. The van der Waals surface area contributed by atoms with E-state index in [9.17, 15) is 14.0 Å². The molecule has 1 fully saturated rings. The van der Waals surface area contributed by atoms with Gasteiger partial charge in [-0.15, -0.1) is 0 Å². The SMILES string of the molecule is Cc1ccc(NC(=O)CN2CCN(C(=O)c3ccccc3Cl)CC2)c(F)c1. The summed E-state index contributed by atoms with van der Waals surface area (Å²) in [5.41, 5.74) is 1.46. The minimum atomic E-state index is -0.446. The van der Waals surface area contributed by atoms with Gasteiger partial charge in [0.25, 0.3) is 5.91 Å². The van der Waals surface area contributed by atoms with Crippen molar-refractivity contribution in [2.24, 2.45) is 0 Å². The molecule has 1 aliphatic heterocycles. The Morgan fingerprint density at radius 1 is 1.11 bits per heavy atom. The molecule has 2 aromatic rings. The van der Waals surface area contributed by atoms with Crippen LogP contribution in [-0.4, -0.2) is 54.3 Å². The van der Waals surface area contributed by atoms with E-state index >= 15 is 0 Å². The minimum Gasteiger partial charge on any atom is -0.336 e. The fourth-order valence-electron chi connectivity index (χ4n) is 3.03. The van der Waals surface area contributed by atoms with E-state index in [4.69, 9.17) is 11.6 Å². The third-order valence-electron chi connectivity index (χ3n) is 4.53. The number of halogens is 2. The van der Waals surface area contributed by atoms with Gasteiger partial charge in [0.2, 0.25) is 5.91 Å². The summed E-state index contributed by atoms with van der Waals surface area (Å²) in [5, 5.41) is 3.03. The molecule has 0 aliphatic carbocycles. The normalized spacial score (nSPS) is 14.9. The second-order valence-corrected chi connectivity index (χ2v) is 6.99. The van der Waals surface area contributed by atoms with E-state index in [0.29, 0.717) is 36.8 Å². The summed E-state index contributed by atoms with van der Waals surface area (Å²) >= 11 is 6.09. The zero-order chi connectivity index (χ0) is 19.4. The summed E-state index contributed by atoms with van der Waals surface area (Å²) in [7, 11) is 0. The number of amides is 2. The maximum atomic E-state index is 13.8. The van der Waals surface area contributed by atoms with Gasteiger partial charge in [0, 0.05) is 26.2 Å². The number of piperazine rings is 1. The van der Waals surface area contributed by atoms with Crippen LogP contribution >= 0.6 is 11.6 Å². The third-order valence-corrected chi connectivity index (χ3v) is 4.86. The van der Waals surface area contributed by atoms with Crippen molar-refractivity contribution in [3.63, 3.8) is 0 Å². The summed E-state index contributed by atoms with van der Waals surface area (Å²) in [6.45, 7) is 4.10. The first-order valence-corrected chi connectivity index (χ1v) is 9.14. The van der Waals surface area contributed by atoms with Crippen LogP contribution in [0, 0.1) is 12.7 Å². The highest BCUT2D eigenvalue weighted by molar-refractivity contribution is 6.33. The number of nitrogens with zero attached hydrogens (tertiary/aromatic N) is 2. The van der Waals surface area contributed by atoms with Crippen molar-refractivity contribution in [2.45, 2.75) is 6.92 Å². The average Bonchev–Trinajstić information content (AvgIpc) is 2.64. The number of anilines is 1. The molecule has 0 saturated carbocycles. The molecule has 0 aromatic heterocycles. The van der Waals surface area contributed by atoms with Gasteiger partial charge in [0.15, 0.2) is 0 Å². The molecule has 1 aliphatic rings. The summed E-state index contributed by atoms with van der Waals surface area (Å²) in [5.74, 6) is -0.825. The molecule has 3 rings (SSSR count). The highest BCUT2D eigenvalue weighted by atomic mass is 35.5.